The van der Waals surface area contributed by atoms with Crippen molar-refractivity contribution in [2.24, 2.45) is 0 Å². The predicted octanol–water partition coefficient (Wildman–Crippen LogP) is 2.63. The average Bonchev–Trinajstić information content (AvgIpc) is 2.87. The number of carbonyl (C=O) groups excluding carboxylic acids is 1. The summed E-state index contributed by atoms with van der Waals surface area (Å²) in [6.45, 7) is 4.11. The third kappa shape index (κ3) is 6.37. The number of methoxy groups -OCH3 is 1. The second kappa shape index (κ2) is 11.3. The van der Waals surface area contributed by atoms with Gasteiger partial charge in [0.15, 0.2) is 0 Å². The lowest BCUT2D eigenvalue weighted by molar-refractivity contribution is -0.132. The molecule has 8 heteroatoms. The highest BCUT2D eigenvalue weighted by atomic mass is 32.2. The molecule has 0 bridgehead atoms. The van der Waals surface area contributed by atoms with Crippen molar-refractivity contribution >= 4 is 15.9 Å². The van der Waals surface area contributed by atoms with E-state index >= 15 is 0 Å². The van der Waals surface area contributed by atoms with Crippen LogP contribution in [0.2, 0.25) is 0 Å². The van der Waals surface area contributed by atoms with Gasteiger partial charge in [-0.25, -0.2) is 13.1 Å². The molecule has 1 aliphatic carbocycles. The monoisotopic (exact) mass is 485 g/mol. The molecule has 2 aromatic rings. The molecular formula is C26H35N3O4S. The lowest BCUT2D eigenvalue weighted by Gasteiger charge is -2.34. The largest absolute Gasteiger partial charge is 0.497 e. The quantitative estimate of drug-likeness (QED) is 0.591. The van der Waals surface area contributed by atoms with E-state index in [0.29, 0.717) is 18.0 Å². The number of amides is 1. The van der Waals surface area contributed by atoms with Crippen molar-refractivity contribution in [2.75, 3.05) is 46.4 Å². The average molecular weight is 486 g/mol. The summed E-state index contributed by atoms with van der Waals surface area (Å²) >= 11 is 0. The number of piperazine rings is 1. The molecule has 1 saturated heterocycles. The van der Waals surface area contributed by atoms with E-state index in [1.807, 2.05) is 23.1 Å². The van der Waals surface area contributed by atoms with E-state index in [2.05, 4.69) is 21.8 Å². The van der Waals surface area contributed by atoms with Crippen LogP contribution in [-0.2, 0) is 34.1 Å². The lowest BCUT2D eigenvalue weighted by Crippen LogP contribution is -2.49. The number of fused-ring (bicyclic) bond motifs is 1. The topological polar surface area (TPSA) is 79.0 Å². The fourth-order valence-electron chi connectivity index (χ4n) is 4.71. The van der Waals surface area contributed by atoms with Crippen LogP contribution in [0.4, 0.5) is 0 Å². The van der Waals surface area contributed by atoms with Crippen LogP contribution >= 0.6 is 0 Å². The van der Waals surface area contributed by atoms with E-state index in [4.69, 9.17) is 4.74 Å². The van der Waals surface area contributed by atoms with Crippen molar-refractivity contribution in [1.82, 2.24) is 14.5 Å². The normalized spacial score (nSPS) is 16.8. The minimum Gasteiger partial charge on any atom is -0.497 e. The van der Waals surface area contributed by atoms with Gasteiger partial charge in [-0.1, -0.05) is 18.2 Å². The van der Waals surface area contributed by atoms with Gasteiger partial charge in [-0.15, -0.1) is 0 Å². The second-order valence-corrected chi connectivity index (χ2v) is 10.9. The molecule has 0 unspecified atom stereocenters. The Morgan fingerprint density at radius 3 is 2.38 bits per heavy atom. The summed E-state index contributed by atoms with van der Waals surface area (Å²) in [6, 6.07) is 13.5. The van der Waals surface area contributed by atoms with Crippen LogP contribution in [0, 0.1) is 0 Å². The molecule has 1 aliphatic heterocycles. The van der Waals surface area contributed by atoms with Crippen molar-refractivity contribution < 1.29 is 17.9 Å². The van der Waals surface area contributed by atoms with Crippen molar-refractivity contribution in [3.05, 3.63) is 59.2 Å². The van der Waals surface area contributed by atoms with E-state index in [1.54, 1.807) is 19.2 Å². The SMILES string of the molecule is COc1ccc(CCN2CCN(C(=O)CCNS(=O)(=O)c3ccc4c(c3)CCCC4)CC2)cc1. The zero-order chi connectivity index (χ0) is 24.0. The Hall–Kier alpha value is -2.42. The van der Waals surface area contributed by atoms with E-state index in [1.165, 1.54) is 11.1 Å². The molecule has 0 spiro atoms. The molecule has 1 fully saturated rings. The number of nitrogens with one attached hydrogen (secondary N) is 1. The molecule has 1 heterocycles. The van der Waals surface area contributed by atoms with Gasteiger partial charge in [0.2, 0.25) is 15.9 Å². The number of carbonyl (C=O) groups is 1. The van der Waals surface area contributed by atoms with E-state index in [0.717, 1.165) is 63.1 Å². The Bertz CT molecular complexity index is 1080. The maximum atomic E-state index is 12.7. The van der Waals surface area contributed by atoms with E-state index < -0.39 is 10.0 Å². The summed E-state index contributed by atoms with van der Waals surface area (Å²) in [5, 5.41) is 0. The molecule has 7 nitrogen and oxygen atoms in total. The van der Waals surface area contributed by atoms with Gasteiger partial charge in [-0.2, -0.15) is 0 Å². The number of nitrogens with zero attached hydrogens (tertiary/aromatic N) is 2. The van der Waals surface area contributed by atoms with Crippen LogP contribution in [0.1, 0.15) is 36.0 Å². The van der Waals surface area contributed by atoms with Crippen molar-refractivity contribution in [2.45, 2.75) is 43.4 Å². The summed E-state index contributed by atoms with van der Waals surface area (Å²) in [5.41, 5.74) is 3.66. The summed E-state index contributed by atoms with van der Waals surface area (Å²) in [5.74, 6) is 0.865. The first-order valence-corrected chi connectivity index (χ1v) is 13.7. The van der Waals surface area contributed by atoms with Crippen LogP contribution < -0.4 is 9.46 Å². The molecule has 0 aromatic heterocycles. The number of aryl methyl sites for hydroxylation is 2. The number of ether oxygens (including phenoxy) is 1. The zero-order valence-electron chi connectivity index (χ0n) is 20.0. The number of rotatable bonds is 9. The summed E-state index contributed by atoms with van der Waals surface area (Å²) in [4.78, 5) is 17.1. The molecule has 2 aliphatic rings. The molecule has 0 saturated carbocycles. The molecule has 34 heavy (non-hydrogen) atoms. The van der Waals surface area contributed by atoms with Crippen LogP contribution in [0.3, 0.4) is 0 Å². The number of sulfonamides is 1. The zero-order valence-corrected chi connectivity index (χ0v) is 20.8. The Morgan fingerprint density at radius 1 is 0.971 bits per heavy atom. The minimum atomic E-state index is -3.60. The maximum Gasteiger partial charge on any atom is 0.240 e. The minimum absolute atomic E-state index is 0.00273. The summed E-state index contributed by atoms with van der Waals surface area (Å²) < 4.78 is 33.2. The van der Waals surface area contributed by atoms with Gasteiger partial charge in [-0.05, 0) is 73.1 Å². The standard InChI is InChI=1S/C26H35N3O4S/c1-33-24-9-6-21(7-10-24)13-15-28-16-18-29(19-17-28)26(30)12-14-27-34(31,32)25-11-8-22-4-2-3-5-23(22)20-25/h6-11,20,27H,2-5,12-19H2,1H3. The van der Waals surface area contributed by atoms with Gasteiger partial charge in [0.25, 0.3) is 0 Å². The van der Waals surface area contributed by atoms with Crippen LogP contribution in [-0.4, -0.2) is 70.5 Å². The van der Waals surface area contributed by atoms with Gasteiger partial charge >= 0.3 is 0 Å². The van der Waals surface area contributed by atoms with E-state index in [9.17, 15) is 13.2 Å². The number of benzene rings is 2. The molecular weight excluding hydrogens is 450 g/mol. The molecule has 2 aromatic carbocycles. The van der Waals surface area contributed by atoms with Crippen molar-refractivity contribution in [1.29, 1.82) is 0 Å². The molecule has 0 radical (unpaired) electrons. The highest BCUT2D eigenvalue weighted by molar-refractivity contribution is 7.89. The highest BCUT2D eigenvalue weighted by Gasteiger charge is 2.22. The van der Waals surface area contributed by atoms with Crippen LogP contribution in [0.5, 0.6) is 5.75 Å². The van der Waals surface area contributed by atoms with Crippen molar-refractivity contribution in [3.63, 3.8) is 0 Å². The smallest absolute Gasteiger partial charge is 0.240 e. The maximum absolute atomic E-state index is 12.7. The molecule has 4 rings (SSSR count). The summed E-state index contributed by atoms with van der Waals surface area (Å²) in [6.07, 6.45) is 5.36. The van der Waals surface area contributed by atoms with Crippen molar-refractivity contribution in [3.8, 4) is 5.75 Å². The lowest BCUT2D eigenvalue weighted by atomic mass is 9.92. The molecule has 1 amide bonds. The van der Waals surface area contributed by atoms with Gasteiger partial charge in [0.05, 0.1) is 12.0 Å². The summed E-state index contributed by atoms with van der Waals surface area (Å²) in [7, 11) is -1.94. The van der Waals surface area contributed by atoms with Gasteiger partial charge < -0.3 is 9.64 Å². The molecule has 1 N–H and O–H groups in total. The molecule has 184 valence electrons. The fourth-order valence-corrected chi connectivity index (χ4v) is 5.79. The van der Waals surface area contributed by atoms with Gasteiger partial charge in [0, 0.05) is 45.7 Å². The Morgan fingerprint density at radius 2 is 1.68 bits per heavy atom. The van der Waals surface area contributed by atoms with E-state index in [-0.39, 0.29) is 18.9 Å². The first-order chi connectivity index (χ1) is 16.4. The van der Waals surface area contributed by atoms with Crippen LogP contribution in [0.25, 0.3) is 0 Å². The van der Waals surface area contributed by atoms with Gasteiger partial charge in [-0.3, -0.25) is 9.69 Å². The first-order valence-electron chi connectivity index (χ1n) is 12.2. The predicted molar refractivity (Wildman–Crippen MR) is 133 cm³/mol. The number of hydrogen-bond acceptors (Lipinski definition) is 5. The molecule has 0 atom stereocenters. The second-order valence-electron chi connectivity index (χ2n) is 9.11. The Kier molecular flexibility index (Phi) is 8.24. The third-order valence-corrected chi connectivity index (χ3v) is 8.32. The Balaban J connectivity index is 1.18. The highest BCUT2D eigenvalue weighted by Crippen LogP contribution is 2.24. The van der Waals surface area contributed by atoms with Gasteiger partial charge in [0.1, 0.15) is 5.75 Å². The fraction of sp³-hybridized carbons (Fsp3) is 0.500. The Labute approximate surface area is 203 Å². The first kappa shape index (κ1) is 24.7. The van der Waals surface area contributed by atoms with Crippen LogP contribution in [0.15, 0.2) is 47.4 Å². The third-order valence-electron chi connectivity index (χ3n) is 6.86. The number of hydrogen-bond donors (Lipinski definition) is 1.